The van der Waals surface area contributed by atoms with Crippen molar-refractivity contribution in [2.24, 2.45) is 5.28 Å². The summed E-state index contributed by atoms with van der Waals surface area (Å²) in [5, 5.41) is 35.4. The minimum Gasteiger partial charge on any atom is -0.737 e. The lowest BCUT2D eigenvalue weighted by atomic mass is 10.2. The van der Waals surface area contributed by atoms with Crippen molar-refractivity contribution in [3.05, 3.63) is 44.8 Å². The fraction of sp³-hybridized carbons (Fsp3) is 0.300. The van der Waals surface area contributed by atoms with Gasteiger partial charge in [0.2, 0.25) is 5.72 Å². The summed E-state index contributed by atoms with van der Waals surface area (Å²) in [6.07, 6.45) is 0. The van der Waals surface area contributed by atoms with E-state index in [0.717, 1.165) is 17.1 Å². The van der Waals surface area contributed by atoms with E-state index in [1.807, 2.05) is 0 Å². The molecule has 0 aliphatic rings. The zero-order chi connectivity index (χ0) is 15.3. The van der Waals surface area contributed by atoms with Gasteiger partial charge in [0.05, 0.1) is 4.92 Å². The minimum absolute atomic E-state index is 0.0945. The van der Waals surface area contributed by atoms with Gasteiger partial charge in [-0.1, -0.05) is 5.01 Å². The molecule has 0 spiro atoms. The van der Waals surface area contributed by atoms with Crippen LogP contribution >= 0.6 is 0 Å². The molecule has 1 aromatic carbocycles. The largest absolute Gasteiger partial charge is 0.737 e. The number of carbonyl (C=O) groups excluding carboxylic acids is 1. The van der Waals surface area contributed by atoms with Crippen molar-refractivity contribution in [2.75, 3.05) is 5.01 Å². The fourth-order valence-corrected chi connectivity index (χ4v) is 1.54. The molecule has 0 saturated heterocycles. The van der Waals surface area contributed by atoms with E-state index in [2.05, 4.69) is 5.28 Å². The highest BCUT2D eigenvalue weighted by Crippen LogP contribution is 2.27. The standard InChI is InChI=1S/C10H12N4O6/c1-10(2,20-7-15)12(14(19)11-16)8-3-5-9(6-4-8)13(17)18/h3-7,16H,1-2H3/p-1/b14-11-. The second kappa shape index (κ2) is 5.82. The van der Waals surface area contributed by atoms with Gasteiger partial charge in [0.25, 0.3) is 12.2 Å². The molecule has 108 valence electrons. The number of hydrogen-bond donors (Lipinski definition) is 0. The van der Waals surface area contributed by atoms with Gasteiger partial charge < -0.3 is 15.2 Å². The molecule has 0 amide bonds. The molecule has 0 aliphatic heterocycles. The first-order chi connectivity index (χ1) is 9.33. The van der Waals surface area contributed by atoms with Gasteiger partial charge in [-0.25, -0.2) is 0 Å². The molecule has 0 saturated carbocycles. The molecule has 0 aromatic heterocycles. The van der Waals surface area contributed by atoms with Crippen LogP contribution in [0.2, 0.25) is 0 Å². The van der Waals surface area contributed by atoms with Crippen LogP contribution in [0.25, 0.3) is 0 Å². The molecule has 10 heteroatoms. The van der Waals surface area contributed by atoms with E-state index in [0.29, 0.717) is 0 Å². The lowest BCUT2D eigenvalue weighted by Crippen LogP contribution is -2.50. The summed E-state index contributed by atoms with van der Waals surface area (Å²) in [7, 11) is 0. The van der Waals surface area contributed by atoms with E-state index < -0.39 is 10.6 Å². The highest BCUT2D eigenvalue weighted by atomic mass is 16.6. The molecule has 0 heterocycles. The van der Waals surface area contributed by atoms with Crippen LogP contribution in [-0.2, 0) is 9.53 Å². The molecule has 0 fully saturated rings. The number of rotatable bonds is 6. The predicted molar refractivity (Wildman–Crippen MR) is 66.2 cm³/mol. The number of carbonyl (C=O) groups is 1. The first-order valence-corrected chi connectivity index (χ1v) is 5.30. The number of nitro benzene ring substituents is 1. The number of ether oxygens (including phenoxy) is 1. The van der Waals surface area contributed by atoms with Crippen molar-refractivity contribution < 1.29 is 19.4 Å². The van der Waals surface area contributed by atoms with Crippen LogP contribution in [0.5, 0.6) is 0 Å². The van der Waals surface area contributed by atoms with E-state index in [1.165, 1.54) is 26.0 Å². The summed E-state index contributed by atoms with van der Waals surface area (Å²) >= 11 is 0. The van der Waals surface area contributed by atoms with Gasteiger partial charge in [-0.2, -0.15) is 0 Å². The average Bonchev–Trinajstić information content (AvgIpc) is 2.38. The Hall–Kier alpha value is -2.91. The van der Waals surface area contributed by atoms with Crippen molar-refractivity contribution in [2.45, 2.75) is 19.6 Å². The van der Waals surface area contributed by atoms with Gasteiger partial charge in [-0.15, -0.1) is 0 Å². The molecule has 0 radical (unpaired) electrons. The smallest absolute Gasteiger partial charge is 0.295 e. The highest BCUT2D eigenvalue weighted by molar-refractivity contribution is 5.51. The quantitative estimate of drug-likeness (QED) is 0.193. The Bertz CT molecular complexity index is 527. The highest BCUT2D eigenvalue weighted by Gasteiger charge is 2.36. The van der Waals surface area contributed by atoms with Crippen molar-refractivity contribution in [3.63, 3.8) is 0 Å². The Morgan fingerprint density at radius 2 is 1.85 bits per heavy atom. The summed E-state index contributed by atoms with van der Waals surface area (Å²) in [6, 6.07) is 4.73. The number of nitrogens with zero attached hydrogens (tertiary/aromatic N) is 4. The third-order valence-corrected chi connectivity index (χ3v) is 2.39. The predicted octanol–water partition coefficient (Wildman–Crippen LogP) is 1.69. The number of non-ortho nitro benzene ring substituents is 1. The first-order valence-electron chi connectivity index (χ1n) is 5.30. The molecular weight excluding hydrogens is 272 g/mol. The van der Waals surface area contributed by atoms with Crippen LogP contribution in [-0.4, -0.2) is 22.1 Å². The second-order valence-electron chi connectivity index (χ2n) is 4.08. The minimum atomic E-state index is -1.51. The Balaban J connectivity index is 3.24. The first kappa shape index (κ1) is 15.1. The zero-order valence-corrected chi connectivity index (χ0v) is 10.6. The SMILES string of the molecule is CC(C)(OC=O)N(c1ccc([N+](=O)[O-])cc1)/[N+]([O-])=N/[O-]. The van der Waals surface area contributed by atoms with Gasteiger partial charge in [-0.05, 0) is 17.4 Å². The molecule has 20 heavy (non-hydrogen) atoms. The van der Waals surface area contributed by atoms with E-state index in [1.54, 1.807) is 0 Å². The maximum absolute atomic E-state index is 11.5. The van der Waals surface area contributed by atoms with Crippen molar-refractivity contribution in [3.8, 4) is 0 Å². The monoisotopic (exact) mass is 283 g/mol. The molecule has 0 aliphatic carbocycles. The van der Waals surface area contributed by atoms with Gasteiger partial charge >= 0.3 is 0 Å². The zero-order valence-electron chi connectivity index (χ0n) is 10.6. The lowest BCUT2D eigenvalue weighted by Gasteiger charge is -2.32. The summed E-state index contributed by atoms with van der Waals surface area (Å²) in [5.74, 6) is 0. The molecule has 1 aromatic rings. The maximum Gasteiger partial charge on any atom is 0.295 e. The normalized spacial score (nSPS) is 11.8. The molecule has 0 atom stereocenters. The van der Waals surface area contributed by atoms with Crippen LogP contribution < -0.4 is 5.01 Å². The van der Waals surface area contributed by atoms with Gasteiger partial charge in [0.15, 0.2) is 0 Å². The van der Waals surface area contributed by atoms with Crippen molar-refractivity contribution >= 4 is 17.8 Å². The third kappa shape index (κ3) is 3.10. The molecule has 0 unspecified atom stereocenters. The summed E-state index contributed by atoms with van der Waals surface area (Å²) in [6.45, 7) is 2.80. The van der Waals surface area contributed by atoms with Crippen molar-refractivity contribution in [1.82, 2.24) is 0 Å². The Labute approximate surface area is 113 Å². The number of nitro groups is 1. The molecule has 1 rings (SSSR count). The maximum atomic E-state index is 11.5. The van der Waals surface area contributed by atoms with Gasteiger partial charge in [-0.3, -0.25) is 14.9 Å². The van der Waals surface area contributed by atoms with E-state index in [4.69, 9.17) is 4.74 Å². The molecule has 10 nitrogen and oxygen atoms in total. The van der Waals surface area contributed by atoms with Crippen LogP contribution in [0.4, 0.5) is 11.4 Å². The lowest BCUT2D eigenvalue weighted by molar-refractivity contribution is -0.558. The second-order valence-corrected chi connectivity index (χ2v) is 4.08. The summed E-state index contributed by atoms with van der Waals surface area (Å²) < 4.78 is 4.72. The number of benzene rings is 1. The van der Waals surface area contributed by atoms with Gasteiger partial charge in [0, 0.05) is 30.9 Å². The number of hydrogen-bond acceptors (Lipinski definition) is 7. The Morgan fingerprint density at radius 3 is 2.25 bits per heavy atom. The Kier molecular flexibility index (Phi) is 4.41. The Morgan fingerprint density at radius 1 is 1.30 bits per heavy atom. The number of anilines is 1. The van der Waals surface area contributed by atoms with Crippen molar-refractivity contribution in [1.29, 1.82) is 0 Å². The van der Waals surface area contributed by atoms with Crippen LogP contribution in [0.15, 0.2) is 29.5 Å². The van der Waals surface area contributed by atoms with E-state index in [9.17, 15) is 25.3 Å². The average molecular weight is 283 g/mol. The van der Waals surface area contributed by atoms with Gasteiger partial charge in [0.1, 0.15) is 5.69 Å². The van der Waals surface area contributed by atoms with Crippen LogP contribution in [0.3, 0.4) is 0 Å². The molecular formula is C10H11N4O6-. The summed E-state index contributed by atoms with van der Waals surface area (Å²) in [4.78, 5) is 20.1. The molecule has 0 bridgehead atoms. The summed E-state index contributed by atoms with van der Waals surface area (Å²) in [5.41, 5.74) is -1.61. The van der Waals surface area contributed by atoms with Crippen LogP contribution in [0, 0.1) is 20.5 Å². The van der Waals surface area contributed by atoms with E-state index >= 15 is 0 Å². The van der Waals surface area contributed by atoms with E-state index in [-0.39, 0.29) is 22.8 Å². The van der Waals surface area contributed by atoms with Crippen LogP contribution in [0.1, 0.15) is 13.8 Å². The number of hydrazine groups is 1. The fourth-order valence-electron chi connectivity index (χ4n) is 1.54. The topological polar surface area (TPSA) is 134 Å². The molecule has 0 N–H and O–H groups in total. The third-order valence-electron chi connectivity index (χ3n) is 2.39.